The highest BCUT2D eigenvalue weighted by molar-refractivity contribution is 5.78. The normalized spacial score (nSPS) is 19.9. The summed E-state index contributed by atoms with van der Waals surface area (Å²) in [6.07, 6.45) is 2.76. The van der Waals surface area contributed by atoms with Crippen molar-refractivity contribution in [2.45, 2.75) is 40.3 Å². The second-order valence-electron chi connectivity index (χ2n) is 10.4. The predicted molar refractivity (Wildman–Crippen MR) is 170 cm³/mol. The molecular formula is C32H49N7O2. The topological polar surface area (TPSA) is 85.9 Å². The van der Waals surface area contributed by atoms with Gasteiger partial charge in [-0.15, -0.1) is 0 Å². The van der Waals surface area contributed by atoms with E-state index in [0.717, 1.165) is 80.5 Å². The van der Waals surface area contributed by atoms with Gasteiger partial charge in [0.1, 0.15) is 5.75 Å². The Morgan fingerprint density at radius 2 is 1.71 bits per heavy atom. The number of anilines is 2. The summed E-state index contributed by atoms with van der Waals surface area (Å²) in [6, 6.07) is 14.7. The standard InChI is InChI=1S/C30H39N7O2.C2H6.2H2/c1-4-23-5-6-24-17-25(23)20-35(2)10-9-31-29(38)21-37-13-11-36(12-14-37)19-22-15-26(18-27(16-22)39-3)33-30-32-8-7-28(24)34-30;1-2;;/h5-8,15-18H,4,9-14,19-21H2,1-3H3,(H,31,38)(H,32,33,34);1-2H3;2*1H. The van der Waals surface area contributed by atoms with E-state index in [9.17, 15) is 4.79 Å². The lowest BCUT2D eigenvalue weighted by molar-refractivity contribution is -0.122. The molecule has 8 bridgehead atoms. The second-order valence-corrected chi connectivity index (χ2v) is 10.4. The van der Waals surface area contributed by atoms with Gasteiger partial charge in [-0.3, -0.25) is 14.6 Å². The average molecular weight is 564 g/mol. The molecule has 2 N–H and O–H groups in total. The lowest BCUT2D eigenvalue weighted by atomic mass is 10.00. The van der Waals surface area contributed by atoms with Gasteiger partial charge in [-0.25, -0.2) is 9.97 Å². The van der Waals surface area contributed by atoms with Crippen LogP contribution in [0.3, 0.4) is 0 Å². The van der Waals surface area contributed by atoms with E-state index in [1.54, 1.807) is 13.3 Å². The zero-order valence-corrected chi connectivity index (χ0v) is 25.2. The predicted octanol–water partition coefficient (Wildman–Crippen LogP) is 4.66. The number of nitrogens with zero attached hydrogens (tertiary/aromatic N) is 5. The van der Waals surface area contributed by atoms with Crippen LogP contribution in [-0.2, 0) is 24.3 Å². The Bertz CT molecular complexity index is 1300. The van der Waals surface area contributed by atoms with Gasteiger partial charge < -0.3 is 20.3 Å². The first-order valence-electron chi connectivity index (χ1n) is 14.8. The summed E-state index contributed by atoms with van der Waals surface area (Å²) in [6.45, 7) is 13.2. The van der Waals surface area contributed by atoms with Crippen LogP contribution >= 0.6 is 0 Å². The van der Waals surface area contributed by atoms with E-state index in [1.807, 2.05) is 26.0 Å². The molecule has 1 aromatic heterocycles. The fourth-order valence-electron chi connectivity index (χ4n) is 5.31. The lowest BCUT2D eigenvalue weighted by Crippen LogP contribution is -2.49. The SMILES string of the molecule is CC.CCc1ccc2cc1CN(C)CCNC(=O)CN1CCN(CC1)Cc1cc(cc(OC)c1)Nc1nccc-2n1.[HH].[HH]. The molecule has 1 fully saturated rings. The maximum absolute atomic E-state index is 12.6. The van der Waals surface area contributed by atoms with Crippen LogP contribution in [0.15, 0.2) is 48.7 Å². The Labute approximate surface area is 247 Å². The van der Waals surface area contributed by atoms with Gasteiger partial charge in [-0.2, -0.15) is 0 Å². The third-order valence-electron chi connectivity index (χ3n) is 7.49. The maximum atomic E-state index is 12.6. The Morgan fingerprint density at radius 1 is 0.951 bits per heavy atom. The van der Waals surface area contributed by atoms with Crippen LogP contribution < -0.4 is 15.4 Å². The van der Waals surface area contributed by atoms with E-state index in [1.165, 1.54) is 11.1 Å². The summed E-state index contributed by atoms with van der Waals surface area (Å²) in [5.74, 6) is 1.44. The van der Waals surface area contributed by atoms with Gasteiger partial charge in [-0.05, 0) is 54.4 Å². The minimum absolute atomic E-state index is 0. The largest absolute Gasteiger partial charge is 0.497 e. The molecule has 1 saturated heterocycles. The Balaban J connectivity index is 0.00000158. The van der Waals surface area contributed by atoms with E-state index in [-0.39, 0.29) is 8.76 Å². The zero-order valence-electron chi connectivity index (χ0n) is 25.2. The molecule has 9 nitrogen and oxygen atoms in total. The van der Waals surface area contributed by atoms with Crippen molar-refractivity contribution in [1.82, 2.24) is 30.0 Å². The van der Waals surface area contributed by atoms with Crippen molar-refractivity contribution in [2.75, 3.05) is 65.3 Å². The van der Waals surface area contributed by atoms with Gasteiger partial charge in [0.25, 0.3) is 0 Å². The molecule has 3 aliphatic rings. The number of methoxy groups -OCH3 is 1. The molecular weight excluding hydrogens is 514 g/mol. The third-order valence-corrected chi connectivity index (χ3v) is 7.49. The highest BCUT2D eigenvalue weighted by Crippen LogP contribution is 2.27. The number of amides is 1. The fraction of sp³-hybridized carbons (Fsp3) is 0.469. The fourth-order valence-corrected chi connectivity index (χ4v) is 5.31. The van der Waals surface area contributed by atoms with E-state index >= 15 is 0 Å². The molecule has 0 spiro atoms. The quantitative estimate of drug-likeness (QED) is 0.466. The Hall–Kier alpha value is -3.53. The first-order chi connectivity index (χ1) is 20.0. The molecule has 0 unspecified atom stereocenters. The zero-order chi connectivity index (χ0) is 29.2. The van der Waals surface area contributed by atoms with E-state index in [4.69, 9.17) is 9.72 Å². The van der Waals surface area contributed by atoms with E-state index in [0.29, 0.717) is 19.0 Å². The molecule has 2 aromatic carbocycles. The number of aromatic nitrogens is 2. The first kappa shape index (κ1) is 30.4. The van der Waals surface area contributed by atoms with Crippen molar-refractivity contribution >= 4 is 17.5 Å². The molecule has 0 atom stereocenters. The summed E-state index contributed by atoms with van der Waals surface area (Å²) in [7, 11) is 3.79. The number of piperazine rings is 1. The van der Waals surface area contributed by atoms with E-state index < -0.39 is 0 Å². The number of likely N-dealkylation sites (N-methyl/N-ethyl adjacent to an activating group) is 1. The maximum Gasteiger partial charge on any atom is 0.234 e. The molecule has 3 aromatic rings. The molecule has 41 heavy (non-hydrogen) atoms. The number of aryl methyl sites for hydroxylation is 1. The molecule has 9 heteroatoms. The third kappa shape index (κ3) is 8.48. The molecule has 3 aliphatic heterocycles. The van der Waals surface area contributed by atoms with Crippen LogP contribution in [0.1, 0.15) is 40.3 Å². The van der Waals surface area contributed by atoms with Crippen LogP contribution in [-0.4, -0.2) is 90.5 Å². The lowest BCUT2D eigenvalue weighted by Gasteiger charge is -2.34. The number of carbonyl (C=O) groups is 1. The number of ether oxygens (including phenoxy) is 1. The van der Waals surface area contributed by atoms with E-state index in [2.05, 4.69) is 74.6 Å². The highest BCUT2D eigenvalue weighted by Gasteiger charge is 2.20. The smallest absolute Gasteiger partial charge is 0.234 e. The molecule has 224 valence electrons. The van der Waals surface area contributed by atoms with Crippen molar-refractivity contribution in [3.8, 4) is 17.0 Å². The van der Waals surface area contributed by atoms with Crippen molar-refractivity contribution in [3.05, 3.63) is 65.4 Å². The van der Waals surface area contributed by atoms with Crippen LogP contribution in [0, 0.1) is 0 Å². The summed E-state index contributed by atoms with van der Waals surface area (Å²) in [5.41, 5.74) is 6.57. The highest BCUT2D eigenvalue weighted by atomic mass is 16.5. The van der Waals surface area contributed by atoms with Crippen molar-refractivity contribution in [2.24, 2.45) is 0 Å². The number of benzene rings is 2. The number of carbonyl (C=O) groups excluding carboxylic acids is 1. The number of nitrogens with one attached hydrogen (secondary N) is 2. The van der Waals surface area contributed by atoms with Crippen LogP contribution in [0.25, 0.3) is 11.3 Å². The monoisotopic (exact) mass is 563 g/mol. The molecule has 6 rings (SSSR count). The van der Waals surface area contributed by atoms with Gasteiger partial charge in [0.2, 0.25) is 11.9 Å². The molecule has 4 heterocycles. The summed E-state index contributed by atoms with van der Waals surface area (Å²) < 4.78 is 5.60. The molecule has 0 radical (unpaired) electrons. The average Bonchev–Trinajstić information content (AvgIpc) is 2.98. The van der Waals surface area contributed by atoms with Crippen molar-refractivity contribution in [1.29, 1.82) is 0 Å². The van der Waals surface area contributed by atoms with Gasteiger partial charge in [0, 0.05) is 78.7 Å². The Morgan fingerprint density at radius 3 is 2.44 bits per heavy atom. The van der Waals surface area contributed by atoms with Gasteiger partial charge in [0.15, 0.2) is 0 Å². The van der Waals surface area contributed by atoms with Crippen LogP contribution in [0.5, 0.6) is 5.75 Å². The molecule has 1 amide bonds. The number of hydrogen-bond acceptors (Lipinski definition) is 8. The summed E-state index contributed by atoms with van der Waals surface area (Å²) in [5, 5.41) is 6.51. The minimum atomic E-state index is 0. The second kappa shape index (κ2) is 14.9. The molecule has 0 aliphatic carbocycles. The van der Waals surface area contributed by atoms with Crippen molar-refractivity contribution in [3.63, 3.8) is 0 Å². The van der Waals surface area contributed by atoms with Gasteiger partial charge >= 0.3 is 0 Å². The summed E-state index contributed by atoms with van der Waals surface area (Å²) >= 11 is 0. The number of hydrogen-bond donors (Lipinski definition) is 2. The minimum Gasteiger partial charge on any atom is -0.497 e. The van der Waals surface area contributed by atoms with Crippen molar-refractivity contribution < 1.29 is 12.4 Å². The number of fused-ring (bicyclic) bond motifs is 8. The van der Waals surface area contributed by atoms with Crippen LogP contribution in [0.4, 0.5) is 11.6 Å². The number of rotatable bonds is 2. The van der Waals surface area contributed by atoms with Gasteiger partial charge in [0.05, 0.1) is 19.3 Å². The van der Waals surface area contributed by atoms with Crippen LogP contribution in [0.2, 0.25) is 0 Å². The molecule has 0 saturated carbocycles. The first-order valence-corrected chi connectivity index (χ1v) is 14.8. The van der Waals surface area contributed by atoms with Gasteiger partial charge in [-0.1, -0.05) is 32.9 Å². The summed E-state index contributed by atoms with van der Waals surface area (Å²) in [4.78, 5) is 28.9. The Kier molecular flexibility index (Phi) is 11.1.